The first-order valence-corrected chi connectivity index (χ1v) is 6.91. The van der Waals surface area contributed by atoms with E-state index in [2.05, 4.69) is 18.7 Å². The highest BCUT2D eigenvalue weighted by atomic mass is 19.1. The van der Waals surface area contributed by atoms with E-state index < -0.39 is 0 Å². The Morgan fingerprint density at radius 1 is 1.32 bits per heavy atom. The van der Waals surface area contributed by atoms with Gasteiger partial charge in [-0.15, -0.1) is 0 Å². The molecule has 0 radical (unpaired) electrons. The van der Waals surface area contributed by atoms with Crippen molar-refractivity contribution in [1.82, 2.24) is 4.90 Å². The minimum absolute atomic E-state index is 0.0633. The van der Waals surface area contributed by atoms with Crippen LogP contribution in [-0.2, 0) is 6.42 Å². The predicted molar refractivity (Wildman–Crippen MR) is 77.0 cm³/mol. The Hall–Kier alpha value is -1.13. The summed E-state index contributed by atoms with van der Waals surface area (Å²) < 4.78 is 18.5. The zero-order valence-electron chi connectivity index (χ0n) is 12.2. The molecule has 108 valence electrons. The highest BCUT2D eigenvalue weighted by Gasteiger charge is 2.09. The third-order valence-corrected chi connectivity index (χ3v) is 3.42. The average molecular weight is 268 g/mol. The highest BCUT2D eigenvalue weighted by Crippen LogP contribution is 2.18. The SMILES string of the molecule is CCN(CC)CCC(N)Cc1ccc(OC)c(F)c1. The first-order chi connectivity index (χ1) is 9.10. The number of hydrogen-bond acceptors (Lipinski definition) is 3. The standard InChI is InChI=1S/C15H25FN2O/c1-4-18(5-2)9-8-13(17)10-12-6-7-15(19-3)14(16)11-12/h6-7,11,13H,4-5,8-10,17H2,1-3H3. The smallest absolute Gasteiger partial charge is 0.165 e. The minimum atomic E-state index is -0.323. The Labute approximate surface area is 115 Å². The van der Waals surface area contributed by atoms with Crippen LogP contribution >= 0.6 is 0 Å². The van der Waals surface area contributed by atoms with Crippen LogP contribution < -0.4 is 10.5 Å². The van der Waals surface area contributed by atoms with Gasteiger partial charge in [0.25, 0.3) is 0 Å². The summed E-state index contributed by atoms with van der Waals surface area (Å²) >= 11 is 0. The molecule has 0 aliphatic carbocycles. The normalized spacial score (nSPS) is 12.7. The molecule has 0 aliphatic heterocycles. The van der Waals surface area contributed by atoms with Crippen LogP contribution in [0, 0.1) is 5.82 Å². The number of ether oxygens (including phenoxy) is 1. The van der Waals surface area contributed by atoms with E-state index in [1.54, 1.807) is 6.07 Å². The molecule has 1 aromatic carbocycles. The fraction of sp³-hybridized carbons (Fsp3) is 0.600. The van der Waals surface area contributed by atoms with E-state index in [1.165, 1.54) is 13.2 Å². The molecule has 19 heavy (non-hydrogen) atoms. The van der Waals surface area contributed by atoms with Crippen LogP contribution in [0.1, 0.15) is 25.8 Å². The molecule has 0 bridgehead atoms. The number of methoxy groups -OCH3 is 1. The van der Waals surface area contributed by atoms with Gasteiger partial charge in [-0.05, 0) is 50.2 Å². The number of hydrogen-bond donors (Lipinski definition) is 1. The molecule has 1 rings (SSSR count). The number of rotatable bonds is 8. The lowest BCUT2D eigenvalue weighted by Crippen LogP contribution is -2.31. The molecule has 1 unspecified atom stereocenters. The summed E-state index contributed by atoms with van der Waals surface area (Å²) in [6.07, 6.45) is 1.62. The van der Waals surface area contributed by atoms with Gasteiger partial charge in [0.05, 0.1) is 7.11 Å². The lowest BCUT2D eigenvalue weighted by Gasteiger charge is -2.20. The van der Waals surface area contributed by atoms with E-state index in [0.29, 0.717) is 6.42 Å². The van der Waals surface area contributed by atoms with Crippen molar-refractivity contribution in [3.05, 3.63) is 29.6 Å². The van der Waals surface area contributed by atoms with Gasteiger partial charge in [-0.2, -0.15) is 0 Å². The Bertz CT molecular complexity index is 380. The van der Waals surface area contributed by atoms with Crippen molar-refractivity contribution in [2.75, 3.05) is 26.7 Å². The third kappa shape index (κ3) is 5.17. The molecular weight excluding hydrogens is 243 g/mol. The summed E-state index contributed by atoms with van der Waals surface area (Å²) in [4.78, 5) is 2.34. The summed E-state index contributed by atoms with van der Waals surface area (Å²) in [5, 5.41) is 0. The predicted octanol–water partition coefficient (Wildman–Crippen LogP) is 2.44. The van der Waals surface area contributed by atoms with Crippen LogP contribution in [0.15, 0.2) is 18.2 Å². The Morgan fingerprint density at radius 2 is 2.00 bits per heavy atom. The third-order valence-electron chi connectivity index (χ3n) is 3.42. The maximum absolute atomic E-state index is 13.6. The Morgan fingerprint density at radius 3 is 2.53 bits per heavy atom. The van der Waals surface area contributed by atoms with E-state index in [-0.39, 0.29) is 17.6 Å². The van der Waals surface area contributed by atoms with Crippen LogP contribution in [0.3, 0.4) is 0 Å². The molecule has 0 saturated carbocycles. The van der Waals surface area contributed by atoms with Crippen LogP contribution in [0.2, 0.25) is 0 Å². The van der Waals surface area contributed by atoms with Crippen molar-refractivity contribution in [3.8, 4) is 5.75 Å². The fourth-order valence-electron chi connectivity index (χ4n) is 2.13. The second-order valence-electron chi connectivity index (χ2n) is 4.75. The molecule has 0 aromatic heterocycles. The summed E-state index contributed by atoms with van der Waals surface area (Å²) in [5.74, 6) is -0.0450. The molecular formula is C15H25FN2O. The minimum Gasteiger partial charge on any atom is -0.494 e. The largest absolute Gasteiger partial charge is 0.494 e. The zero-order chi connectivity index (χ0) is 14.3. The van der Waals surface area contributed by atoms with Crippen molar-refractivity contribution in [2.24, 2.45) is 5.73 Å². The molecule has 1 aromatic rings. The van der Waals surface area contributed by atoms with E-state index in [9.17, 15) is 4.39 Å². The first kappa shape index (κ1) is 15.9. The first-order valence-electron chi connectivity index (χ1n) is 6.91. The van der Waals surface area contributed by atoms with Crippen molar-refractivity contribution in [1.29, 1.82) is 0 Å². The highest BCUT2D eigenvalue weighted by molar-refractivity contribution is 5.29. The summed E-state index contributed by atoms with van der Waals surface area (Å²) in [5.41, 5.74) is 7.03. The number of benzene rings is 1. The summed E-state index contributed by atoms with van der Waals surface area (Å²) in [6.45, 7) is 7.37. The molecule has 2 N–H and O–H groups in total. The second kappa shape index (κ2) is 8.12. The number of nitrogens with two attached hydrogens (primary N) is 1. The Balaban J connectivity index is 2.48. The van der Waals surface area contributed by atoms with Gasteiger partial charge in [-0.1, -0.05) is 19.9 Å². The van der Waals surface area contributed by atoms with Crippen molar-refractivity contribution in [2.45, 2.75) is 32.7 Å². The summed E-state index contributed by atoms with van der Waals surface area (Å²) in [6, 6.07) is 5.10. The van der Waals surface area contributed by atoms with Crippen molar-refractivity contribution in [3.63, 3.8) is 0 Å². The topological polar surface area (TPSA) is 38.5 Å². The van der Waals surface area contributed by atoms with Crippen molar-refractivity contribution < 1.29 is 9.13 Å². The van der Waals surface area contributed by atoms with E-state index in [0.717, 1.165) is 31.6 Å². The molecule has 4 heteroatoms. The van der Waals surface area contributed by atoms with Crippen LogP contribution in [0.25, 0.3) is 0 Å². The van der Waals surface area contributed by atoms with E-state index >= 15 is 0 Å². The molecule has 0 heterocycles. The molecule has 0 spiro atoms. The average Bonchev–Trinajstić information content (AvgIpc) is 2.40. The Kier molecular flexibility index (Phi) is 6.81. The summed E-state index contributed by atoms with van der Waals surface area (Å²) in [7, 11) is 1.47. The second-order valence-corrected chi connectivity index (χ2v) is 4.75. The van der Waals surface area contributed by atoms with Gasteiger partial charge in [-0.3, -0.25) is 0 Å². The fourth-order valence-corrected chi connectivity index (χ4v) is 2.13. The molecule has 1 atom stereocenters. The van der Waals surface area contributed by atoms with Gasteiger partial charge in [0, 0.05) is 6.04 Å². The molecule has 0 aliphatic rings. The van der Waals surface area contributed by atoms with E-state index in [4.69, 9.17) is 10.5 Å². The van der Waals surface area contributed by atoms with Crippen LogP contribution in [0.5, 0.6) is 5.75 Å². The van der Waals surface area contributed by atoms with E-state index in [1.807, 2.05) is 6.07 Å². The lowest BCUT2D eigenvalue weighted by molar-refractivity contribution is 0.290. The van der Waals surface area contributed by atoms with Gasteiger partial charge < -0.3 is 15.4 Å². The number of halogens is 1. The van der Waals surface area contributed by atoms with Crippen LogP contribution in [0.4, 0.5) is 4.39 Å². The maximum atomic E-state index is 13.6. The lowest BCUT2D eigenvalue weighted by atomic mass is 10.0. The molecule has 0 saturated heterocycles. The maximum Gasteiger partial charge on any atom is 0.165 e. The van der Waals surface area contributed by atoms with Gasteiger partial charge >= 0.3 is 0 Å². The van der Waals surface area contributed by atoms with Gasteiger partial charge in [-0.25, -0.2) is 4.39 Å². The van der Waals surface area contributed by atoms with Gasteiger partial charge in [0.2, 0.25) is 0 Å². The van der Waals surface area contributed by atoms with Crippen molar-refractivity contribution >= 4 is 0 Å². The quantitative estimate of drug-likeness (QED) is 0.787. The number of nitrogens with zero attached hydrogens (tertiary/aromatic N) is 1. The van der Waals surface area contributed by atoms with Gasteiger partial charge in [0.1, 0.15) is 0 Å². The van der Waals surface area contributed by atoms with Gasteiger partial charge in [0.15, 0.2) is 11.6 Å². The molecule has 0 amide bonds. The monoisotopic (exact) mass is 268 g/mol. The molecule has 3 nitrogen and oxygen atoms in total. The zero-order valence-corrected chi connectivity index (χ0v) is 12.2. The van der Waals surface area contributed by atoms with Crippen LogP contribution in [-0.4, -0.2) is 37.7 Å². The molecule has 0 fully saturated rings.